The Morgan fingerprint density at radius 3 is 2.50 bits per heavy atom. The lowest BCUT2D eigenvalue weighted by Gasteiger charge is -2.31. The number of rotatable bonds is 5. The third kappa shape index (κ3) is 4.18. The fourth-order valence-electron chi connectivity index (χ4n) is 3.84. The summed E-state index contributed by atoms with van der Waals surface area (Å²) in [6.07, 6.45) is -2.00. The standard InChI is InChI=1S/C24H19F4N5O/c25-17-5-2-1-4-15(17)14-33-19-7-8-21(24(26,27)28)31-18(19)12-20(33)23(34)30-16-6-9-22(29-13-16)32-10-3-11-32/h1-2,4-9,12-13H,3,10-11,14H2,(H,30,34). The van der Waals surface area contributed by atoms with Gasteiger partial charge in [-0.1, -0.05) is 18.2 Å². The van der Waals surface area contributed by atoms with Crippen molar-refractivity contribution in [1.82, 2.24) is 14.5 Å². The Labute approximate surface area is 191 Å². The third-order valence-corrected chi connectivity index (χ3v) is 5.75. The molecule has 0 spiro atoms. The minimum Gasteiger partial charge on any atom is -0.356 e. The summed E-state index contributed by atoms with van der Waals surface area (Å²) in [5, 5.41) is 2.72. The largest absolute Gasteiger partial charge is 0.433 e. The molecule has 5 rings (SSSR count). The van der Waals surface area contributed by atoms with Crippen molar-refractivity contribution in [3.63, 3.8) is 0 Å². The van der Waals surface area contributed by atoms with E-state index < -0.39 is 23.6 Å². The number of nitrogens with zero attached hydrogens (tertiary/aromatic N) is 4. The predicted octanol–water partition coefficient (Wildman–Crippen LogP) is 5.10. The zero-order valence-electron chi connectivity index (χ0n) is 17.8. The zero-order valence-corrected chi connectivity index (χ0v) is 17.8. The average molecular weight is 469 g/mol. The minimum absolute atomic E-state index is 0.0115. The molecular weight excluding hydrogens is 450 g/mol. The number of hydrogen-bond acceptors (Lipinski definition) is 4. The van der Waals surface area contributed by atoms with Gasteiger partial charge in [0.15, 0.2) is 0 Å². The molecule has 4 aromatic rings. The predicted molar refractivity (Wildman–Crippen MR) is 119 cm³/mol. The number of nitrogens with one attached hydrogen (secondary N) is 1. The first-order valence-corrected chi connectivity index (χ1v) is 10.6. The first-order chi connectivity index (χ1) is 16.3. The smallest absolute Gasteiger partial charge is 0.356 e. The fraction of sp³-hybridized carbons (Fsp3) is 0.208. The summed E-state index contributed by atoms with van der Waals surface area (Å²) in [6.45, 7) is 1.81. The molecule has 1 amide bonds. The molecule has 4 heterocycles. The van der Waals surface area contributed by atoms with Gasteiger partial charge in [0, 0.05) is 18.7 Å². The Balaban J connectivity index is 1.51. The van der Waals surface area contributed by atoms with E-state index in [9.17, 15) is 22.4 Å². The van der Waals surface area contributed by atoms with Crippen molar-refractivity contribution in [3.05, 3.63) is 83.6 Å². The van der Waals surface area contributed by atoms with Crippen molar-refractivity contribution in [2.24, 2.45) is 0 Å². The molecule has 1 aliphatic rings. The summed E-state index contributed by atoms with van der Waals surface area (Å²) in [6, 6.07) is 12.9. The number of carbonyl (C=O) groups is 1. The molecule has 0 saturated carbocycles. The number of anilines is 2. The number of hydrogen-bond donors (Lipinski definition) is 1. The van der Waals surface area contributed by atoms with E-state index in [1.807, 2.05) is 0 Å². The summed E-state index contributed by atoms with van der Waals surface area (Å²) >= 11 is 0. The molecule has 34 heavy (non-hydrogen) atoms. The molecule has 0 bridgehead atoms. The molecule has 10 heteroatoms. The molecule has 0 unspecified atom stereocenters. The van der Waals surface area contributed by atoms with E-state index in [2.05, 4.69) is 20.2 Å². The highest BCUT2D eigenvalue weighted by Gasteiger charge is 2.33. The maximum atomic E-state index is 14.3. The second kappa shape index (κ2) is 8.44. The van der Waals surface area contributed by atoms with Crippen LogP contribution in [-0.4, -0.2) is 33.5 Å². The monoisotopic (exact) mass is 469 g/mol. The van der Waals surface area contributed by atoms with E-state index in [1.54, 1.807) is 24.3 Å². The van der Waals surface area contributed by atoms with Gasteiger partial charge in [0.25, 0.3) is 5.91 Å². The Kier molecular flexibility index (Phi) is 5.43. The van der Waals surface area contributed by atoms with Crippen LogP contribution >= 0.6 is 0 Å². The summed E-state index contributed by atoms with van der Waals surface area (Å²) in [5.74, 6) is -0.246. The molecule has 1 aliphatic heterocycles. The van der Waals surface area contributed by atoms with E-state index in [4.69, 9.17) is 0 Å². The normalized spacial score (nSPS) is 13.7. The minimum atomic E-state index is -4.63. The van der Waals surface area contributed by atoms with Crippen molar-refractivity contribution >= 4 is 28.4 Å². The van der Waals surface area contributed by atoms with Crippen LogP contribution < -0.4 is 10.2 Å². The molecule has 6 nitrogen and oxygen atoms in total. The highest BCUT2D eigenvalue weighted by Crippen LogP contribution is 2.30. The Morgan fingerprint density at radius 1 is 1.06 bits per heavy atom. The number of aromatic nitrogens is 3. The molecule has 0 atom stereocenters. The third-order valence-electron chi connectivity index (χ3n) is 5.75. The van der Waals surface area contributed by atoms with Crippen molar-refractivity contribution in [2.75, 3.05) is 23.3 Å². The number of pyridine rings is 2. The second-order valence-electron chi connectivity index (χ2n) is 8.01. The van der Waals surface area contributed by atoms with Crippen LogP contribution in [0, 0.1) is 5.82 Å². The van der Waals surface area contributed by atoms with Gasteiger partial charge < -0.3 is 14.8 Å². The van der Waals surface area contributed by atoms with Gasteiger partial charge in [-0.2, -0.15) is 13.2 Å². The van der Waals surface area contributed by atoms with Gasteiger partial charge in [0.1, 0.15) is 23.0 Å². The Bertz CT molecular complexity index is 1360. The van der Waals surface area contributed by atoms with E-state index in [0.29, 0.717) is 5.69 Å². The van der Waals surface area contributed by atoms with E-state index in [0.717, 1.165) is 31.4 Å². The number of carbonyl (C=O) groups excluding carboxylic acids is 1. The molecule has 1 saturated heterocycles. The van der Waals surface area contributed by atoms with Crippen LogP contribution in [0.5, 0.6) is 0 Å². The lowest BCUT2D eigenvalue weighted by Crippen LogP contribution is -2.37. The second-order valence-corrected chi connectivity index (χ2v) is 8.01. The summed E-state index contributed by atoms with van der Waals surface area (Å²) in [5.41, 5.74) is -0.0247. The van der Waals surface area contributed by atoms with Crippen LogP contribution in [0.1, 0.15) is 28.2 Å². The number of alkyl halides is 3. The molecule has 1 aromatic carbocycles. The molecular formula is C24H19F4N5O. The average Bonchev–Trinajstić information content (AvgIpc) is 3.13. The van der Waals surface area contributed by atoms with Crippen molar-refractivity contribution in [1.29, 1.82) is 0 Å². The molecule has 174 valence electrons. The fourth-order valence-corrected chi connectivity index (χ4v) is 3.84. The lowest BCUT2D eigenvalue weighted by molar-refractivity contribution is -0.140. The van der Waals surface area contributed by atoms with Gasteiger partial charge in [-0.3, -0.25) is 4.79 Å². The van der Waals surface area contributed by atoms with Gasteiger partial charge in [-0.25, -0.2) is 14.4 Å². The number of fused-ring (bicyclic) bond motifs is 1. The van der Waals surface area contributed by atoms with Gasteiger partial charge in [-0.05, 0) is 42.8 Å². The zero-order chi connectivity index (χ0) is 23.9. The highest BCUT2D eigenvalue weighted by atomic mass is 19.4. The van der Waals surface area contributed by atoms with Crippen LogP contribution in [0.4, 0.5) is 29.1 Å². The van der Waals surface area contributed by atoms with Crippen molar-refractivity contribution in [3.8, 4) is 0 Å². The van der Waals surface area contributed by atoms with E-state index >= 15 is 0 Å². The van der Waals surface area contributed by atoms with Crippen LogP contribution in [0.3, 0.4) is 0 Å². The Morgan fingerprint density at radius 2 is 1.85 bits per heavy atom. The highest BCUT2D eigenvalue weighted by molar-refractivity contribution is 6.06. The molecule has 1 fully saturated rings. The Hall–Kier alpha value is -3.95. The maximum absolute atomic E-state index is 14.3. The topological polar surface area (TPSA) is 63.1 Å². The van der Waals surface area contributed by atoms with Crippen LogP contribution in [0.25, 0.3) is 11.0 Å². The van der Waals surface area contributed by atoms with Gasteiger partial charge in [0.2, 0.25) is 0 Å². The van der Waals surface area contributed by atoms with Gasteiger partial charge in [0.05, 0.1) is 29.5 Å². The SMILES string of the molecule is O=C(Nc1ccc(N2CCC2)nc1)c1cc2nc(C(F)(F)F)ccc2n1Cc1ccccc1F. The molecule has 0 radical (unpaired) electrons. The number of halogens is 4. The lowest BCUT2D eigenvalue weighted by atomic mass is 10.2. The molecule has 0 aliphatic carbocycles. The van der Waals surface area contributed by atoms with Crippen LogP contribution in [-0.2, 0) is 12.7 Å². The summed E-state index contributed by atoms with van der Waals surface area (Å²) in [4.78, 5) is 23.3. The van der Waals surface area contributed by atoms with Crippen LogP contribution in [0.2, 0.25) is 0 Å². The van der Waals surface area contributed by atoms with Gasteiger partial charge >= 0.3 is 6.18 Å². The molecule has 1 N–H and O–H groups in total. The number of benzene rings is 1. The summed E-state index contributed by atoms with van der Waals surface area (Å²) < 4.78 is 55.3. The molecule has 3 aromatic heterocycles. The van der Waals surface area contributed by atoms with Crippen molar-refractivity contribution in [2.45, 2.75) is 19.1 Å². The first kappa shape index (κ1) is 21.9. The van der Waals surface area contributed by atoms with Gasteiger partial charge in [-0.15, -0.1) is 0 Å². The summed E-state index contributed by atoms with van der Waals surface area (Å²) in [7, 11) is 0. The van der Waals surface area contributed by atoms with E-state index in [1.165, 1.54) is 35.0 Å². The van der Waals surface area contributed by atoms with Crippen molar-refractivity contribution < 1.29 is 22.4 Å². The van der Waals surface area contributed by atoms with Crippen LogP contribution in [0.15, 0.2) is 60.8 Å². The number of amides is 1. The quantitative estimate of drug-likeness (QED) is 0.413. The maximum Gasteiger partial charge on any atom is 0.433 e. The first-order valence-electron chi connectivity index (χ1n) is 10.6. The van der Waals surface area contributed by atoms with E-state index in [-0.39, 0.29) is 28.8 Å².